The minimum absolute atomic E-state index is 0.273. The number of nitrogens with one attached hydrogen (secondary N) is 1. The molecule has 2 N–H and O–H groups in total. The number of hydrogen-bond acceptors (Lipinski definition) is 3. The molecule has 0 saturated carbocycles. The summed E-state index contributed by atoms with van der Waals surface area (Å²) in [6, 6.07) is 17.5. The highest BCUT2D eigenvalue weighted by atomic mass is 19.1. The first-order valence-electron chi connectivity index (χ1n) is 9.47. The molecule has 5 heteroatoms. The van der Waals surface area contributed by atoms with Crippen LogP contribution in [0.4, 0.5) is 4.39 Å². The normalized spacial score (nSPS) is 13.2. The maximum Gasteiger partial charge on any atom is 0.251 e. The number of aliphatic hydroxyl groups excluding tert-OH is 1. The van der Waals surface area contributed by atoms with Crippen molar-refractivity contribution in [3.63, 3.8) is 0 Å². The Hall–Kier alpha value is -3.31. The van der Waals surface area contributed by atoms with Crippen molar-refractivity contribution in [1.29, 1.82) is 0 Å². The lowest BCUT2D eigenvalue weighted by Crippen LogP contribution is -2.31. The van der Waals surface area contributed by atoms with Crippen LogP contribution in [0.2, 0.25) is 0 Å². The zero-order valence-electron chi connectivity index (χ0n) is 16.0. The van der Waals surface area contributed by atoms with Gasteiger partial charge in [0, 0.05) is 17.3 Å². The van der Waals surface area contributed by atoms with Crippen molar-refractivity contribution in [2.45, 2.75) is 19.5 Å². The highest BCUT2D eigenvalue weighted by Gasteiger charge is 2.19. The van der Waals surface area contributed by atoms with Crippen LogP contribution >= 0.6 is 0 Å². The van der Waals surface area contributed by atoms with Crippen LogP contribution in [0.1, 0.15) is 38.7 Å². The van der Waals surface area contributed by atoms with Gasteiger partial charge < -0.3 is 10.4 Å². The molecule has 29 heavy (non-hydrogen) atoms. The Morgan fingerprint density at radius 1 is 1.14 bits per heavy atom. The van der Waals surface area contributed by atoms with Gasteiger partial charge in [-0.25, -0.2) is 4.39 Å². The molecule has 0 fully saturated rings. The highest BCUT2D eigenvalue weighted by Crippen LogP contribution is 2.26. The van der Waals surface area contributed by atoms with E-state index in [1.54, 1.807) is 37.3 Å². The van der Waals surface area contributed by atoms with Gasteiger partial charge in [0.05, 0.1) is 19.2 Å². The average Bonchev–Trinajstić information content (AvgIpc) is 3.22. The molecule has 1 heterocycles. The second kappa shape index (κ2) is 7.97. The van der Waals surface area contributed by atoms with E-state index in [2.05, 4.69) is 16.4 Å². The SMILES string of the molecule is Cc1cccc(C(CO)NC(=O)c2cccc(-c3ccc4c(c3)C=NC4)c2)c1F. The van der Waals surface area contributed by atoms with Crippen molar-refractivity contribution in [1.82, 2.24) is 5.32 Å². The topological polar surface area (TPSA) is 61.7 Å². The summed E-state index contributed by atoms with van der Waals surface area (Å²) in [5.41, 5.74) is 5.37. The van der Waals surface area contributed by atoms with Gasteiger partial charge in [-0.05, 0) is 52.9 Å². The molecular weight excluding hydrogens is 367 g/mol. The summed E-state index contributed by atoms with van der Waals surface area (Å²) >= 11 is 0. The second-order valence-corrected chi connectivity index (χ2v) is 7.15. The number of nitrogens with zero attached hydrogens (tertiary/aromatic N) is 1. The van der Waals surface area contributed by atoms with Gasteiger partial charge in [0.25, 0.3) is 5.91 Å². The molecule has 0 bridgehead atoms. The van der Waals surface area contributed by atoms with Crippen LogP contribution in [0.25, 0.3) is 11.1 Å². The fraction of sp³-hybridized carbons (Fsp3) is 0.167. The molecule has 3 aromatic rings. The number of halogens is 1. The number of aryl methyl sites for hydroxylation is 1. The first-order chi connectivity index (χ1) is 14.1. The molecule has 146 valence electrons. The average molecular weight is 388 g/mol. The molecule has 1 atom stereocenters. The number of fused-ring (bicyclic) bond motifs is 1. The van der Waals surface area contributed by atoms with Gasteiger partial charge in [-0.1, -0.05) is 42.5 Å². The first kappa shape index (κ1) is 19.0. The summed E-state index contributed by atoms with van der Waals surface area (Å²) in [4.78, 5) is 17.1. The Kier molecular flexibility index (Phi) is 5.23. The van der Waals surface area contributed by atoms with Gasteiger partial charge in [0.15, 0.2) is 0 Å². The maximum absolute atomic E-state index is 14.4. The van der Waals surface area contributed by atoms with E-state index in [1.165, 1.54) is 5.56 Å². The highest BCUT2D eigenvalue weighted by molar-refractivity contribution is 5.96. The Labute approximate surface area is 168 Å². The van der Waals surface area contributed by atoms with Crippen molar-refractivity contribution >= 4 is 12.1 Å². The summed E-state index contributed by atoms with van der Waals surface area (Å²) < 4.78 is 14.4. The number of rotatable bonds is 5. The fourth-order valence-electron chi connectivity index (χ4n) is 3.52. The monoisotopic (exact) mass is 388 g/mol. The number of hydrogen-bond donors (Lipinski definition) is 2. The van der Waals surface area contributed by atoms with Crippen LogP contribution in [0.5, 0.6) is 0 Å². The number of carbonyl (C=O) groups excluding carboxylic acids is 1. The molecule has 0 spiro atoms. The predicted molar refractivity (Wildman–Crippen MR) is 112 cm³/mol. The Morgan fingerprint density at radius 2 is 1.93 bits per heavy atom. The third kappa shape index (κ3) is 3.82. The van der Waals surface area contributed by atoms with E-state index in [1.807, 2.05) is 30.5 Å². The van der Waals surface area contributed by atoms with Gasteiger partial charge in [0.2, 0.25) is 0 Å². The van der Waals surface area contributed by atoms with E-state index in [-0.39, 0.29) is 11.5 Å². The summed E-state index contributed by atoms with van der Waals surface area (Å²) in [6.07, 6.45) is 1.86. The van der Waals surface area contributed by atoms with Crippen LogP contribution in [0.15, 0.2) is 65.7 Å². The minimum atomic E-state index is -0.817. The summed E-state index contributed by atoms with van der Waals surface area (Å²) in [5, 5.41) is 12.5. The van der Waals surface area contributed by atoms with Gasteiger partial charge in [-0.3, -0.25) is 9.79 Å². The number of amides is 1. The fourth-order valence-corrected chi connectivity index (χ4v) is 3.52. The smallest absolute Gasteiger partial charge is 0.251 e. The molecule has 0 radical (unpaired) electrons. The molecule has 0 aromatic heterocycles. The lowest BCUT2D eigenvalue weighted by Gasteiger charge is -2.18. The minimum Gasteiger partial charge on any atom is -0.394 e. The van der Waals surface area contributed by atoms with Crippen molar-refractivity contribution in [3.8, 4) is 11.1 Å². The van der Waals surface area contributed by atoms with Crippen LogP contribution in [0, 0.1) is 12.7 Å². The molecule has 0 aliphatic carbocycles. The van der Waals surface area contributed by atoms with E-state index in [4.69, 9.17) is 0 Å². The Morgan fingerprint density at radius 3 is 2.76 bits per heavy atom. The number of aliphatic hydroxyl groups is 1. The molecule has 1 amide bonds. The molecule has 4 rings (SSSR count). The van der Waals surface area contributed by atoms with E-state index < -0.39 is 18.5 Å². The molecule has 1 aliphatic rings. The zero-order chi connectivity index (χ0) is 20.4. The Balaban J connectivity index is 1.58. The predicted octanol–water partition coefficient (Wildman–Crippen LogP) is 4.20. The van der Waals surface area contributed by atoms with E-state index in [0.29, 0.717) is 17.7 Å². The quantitative estimate of drug-likeness (QED) is 0.688. The largest absolute Gasteiger partial charge is 0.394 e. The van der Waals surface area contributed by atoms with Gasteiger partial charge >= 0.3 is 0 Å². The van der Waals surface area contributed by atoms with Gasteiger partial charge in [-0.15, -0.1) is 0 Å². The lowest BCUT2D eigenvalue weighted by molar-refractivity contribution is 0.0915. The maximum atomic E-state index is 14.4. The van der Waals surface area contributed by atoms with Crippen molar-refractivity contribution in [2.24, 2.45) is 4.99 Å². The summed E-state index contributed by atoms with van der Waals surface area (Å²) in [5.74, 6) is -0.782. The third-order valence-electron chi connectivity index (χ3n) is 5.18. The lowest BCUT2D eigenvalue weighted by atomic mass is 9.98. The first-order valence-corrected chi connectivity index (χ1v) is 9.47. The molecular formula is C24H21FN2O2. The van der Waals surface area contributed by atoms with Crippen LogP contribution < -0.4 is 5.32 Å². The summed E-state index contributed by atoms with van der Waals surface area (Å²) in [7, 11) is 0. The van der Waals surface area contributed by atoms with Crippen LogP contribution in [-0.4, -0.2) is 23.8 Å². The van der Waals surface area contributed by atoms with Gasteiger partial charge in [-0.2, -0.15) is 0 Å². The van der Waals surface area contributed by atoms with Crippen molar-refractivity contribution in [3.05, 3.63) is 94.3 Å². The third-order valence-corrected chi connectivity index (χ3v) is 5.18. The molecule has 3 aromatic carbocycles. The number of aliphatic imine (C=N–C) groups is 1. The Bertz CT molecular complexity index is 1110. The standard InChI is InChI=1S/C24H21FN2O2/c1-15-4-2-7-21(23(15)25)22(14-28)27-24(29)18-6-3-5-16(10-18)17-8-9-19-12-26-13-20(19)11-17/h2-11,13,22,28H,12,14H2,1H3,(H,27,29). The molecule has 1 aliphatic heterocycles. The van der Waals surface area contributed by atoms with Crippen LogP contribution in [0.3, 0.4) is 0 Å². The molecule has 0 saturated heterocycles. The van der Waals surface area contributed by atoms with Crippen molar-refractivity contribution < 1.29 is 14.3 Å². The second-order valence-electron chi connectivity index (χ2n) is 7.15. The van der Waals surface area contributed by atoms with E-state index in [9.17, 15) is 14.3 Å². The van der Waals surface area contributed by atoms with Crippen molar-refractivity contribution in [2.75, 3.05) is 6.61 Å². The summed E-state index contributed by atoms with van der Waals surface area (Å²) in [6.45, 7) is 1.96. The van der Waals surface area contributed by atoms with Gasteiger partial charge in [0.1, 0.15) is 5.82 Å². The van der Waals surface area contributed by atoms with E-state index >= 15 is 0 Å². The van der Waals surface area contributed by atoms with Crippen LogP contribution in [-0.2, 0) is 6.54 Å². The van der Waals surface area contributed by atoms with E-state index in [0.717, 1.165) is 16.7 Å². The molecule has 1 unspecified atom stereocenters. The molecule has 4 nitrogen and oxygen atoms in total. The number of benzene rings is 3. The zero-order valence-corrected chi connectivity index (χ0v) is 16.0. The number of carbonyl (C=O) groups is 1.